The highest BCUT2D eigenvalue weighted by Gasteiger charge is 2.17. The molecule has 0 unspecified atom stereocenters. The van der Waals surface area contributed by atoms with Crippen molar-refractivity contribution >= 4 is 26.7 Å². The van der Waals surface area contributed by atoms with Crippen LogP contribution in [0.4, 0.5) is 5.69 Å². The number of benzene rings is 1. The Morgan fingerprint density at radius 1 is 1.47 bits per heavy atom. The third kappa shape index (κ3) is 2.25. The van der Waals surface area contributed by atoms with E-state index in [-0.39, 0.29) is 12.3 Å². The summed E-state index contributed by atoms with van der Waals surface area (Å²) in [4.78, 5) is 7.02. The lowest BCUT2D eigenvalue weighted by molar-refractivity contribution is 0.594. The Kier molecular flexibility index (Phi) is 3.03. The maximum Gasteiger partial charge on any atom is 0.236 e. The second-order valence-corrected chi connectivity index (χ2v) is 5.80. The molecule has 92 valence electrons. The fourth-order valence-corrected chi connectivity index (χ4v) is 2.57. The van der Waals surface area contributed by atoms with Crippen LogP contribution >= 0.6 is 0 Å². The van der Waals surface area contributed by atoms with Crippen molar-refractivity contribution in [3.05, 3.63) is 24.5 Å². The SMILES string of the molecule is CN(c1ccc2nc[nH]c2c1)S(=O)(=O)CCN. The first kappa shape index (κ1) is 11.9. The van der Waals surface area contributed by atoms with Gasteiger partial charge in [0.25, 0.3) is 0 Å². The normalized spacial score (nSPS) is 11.9. The van der Waals surface area contributed by atoms with Gasteiger partial charge in [0.1, 0.15) is 0 Å². The van der Waals surface area contributed by atoms with Crippen molar-refractivity contribution in [3.63, 3.8) is 0 Å². The highest BCUT2D eigenvalue weighted by Crippen LogP contribution is 2.20. The van der Waals surface area contributed by atoms with Gasteiger partial charge < -0.3 is 10.7 Å². The zero-order chi connectivity index (χ0) is 12.5. The lowest BCUT2D eigenvalue weighted by Gasteiger charge is -2.18. The van der Waals surface area contributed by atoms with Crippen LogP contribution in [-0.4, -0.2) is 37.7 Å². The molecule has 0 saturated carbocycles. The fraction of sp³-hybridized carbons (Fsp3) is 0.300. The Bertz CT molecular complexity index is 620. The molecule has 0 aliphatic heterocycles. The highest BCUT2D eigenvalue weighted by atomic mass is 32.2. The summed E-state index contributed by atoms with van der Waals surface area (Å²) in [6, 6.07) is 5.24. The van der Waals surface area contributed by atoms with Crippen molar-refractivity contribution in [1.82, 2.24) is 9.97 Å². The number of nitrogens with one attached hydrogen (secondary N) is 1. The molecule has 0 saturated heterocycles. The van der Waals surface area contributed by atoms with Gasteiger partial charge in [0.2, 0.25) is 10.0 Å². The van der Waals surface area contributed by atoms with Gasteiger partial charge in [-0.05, 0) is 18.2 Å². The van der Waals surface area contributed by atoms with Crippen LogP contribution in [-0.2, 0) is 10.0 Å². The molecule has 0 aliphatic rings. The van der Waals surface area contributed by atoms with Gasteiger partial charge in [-0.3, -0.25) is 4.31 Å². The van der Waals surface area contributed by atoms with Crippen molar-refractivity contribution in [3.8, 4) is 0 Å². The van der Waals surface area contributed by atoms with E-state index in [1.165, 1.54) is 11.4 Å². The molecule has 7 heteroatoms. The molecule has 1 aromatic carbocycles. The summed E-state index contributed by atoms with van der Waals surface area (Å²) in [5.74, 6) is -0.0650. The van der Waals surface area contributed by atoms with E-state index in [1.807, 2.05) is 0 Å². The molecular weight excluding hydrogens is 240 g/mol. The zero-order valence-corrected chi connectivity index (χ0v) is 10.2. The first-order valence-electron chi connectivity index (χ1n) is 5.14. The summed E-state index contributed by atoms with van der Waals surface area (Å²) >= 11 is 0. The number of sulfonamides is 1. The van der Waals surface area contributed by atoms with E-state index in [9.17, 15) is 8.42 Å². The van der Waals surface area contributed by atoms with Crippen LogP contribution in [0.5, 0.6) is 0 Å². The van der Waals surface area contributed by atoms with Gasteiger partial charge in [-0.2, -0.15) is 0 Å². The molecule has 2 rings (SSSR count). The number of hydrogen-bond donors (Lipinski definition) is 2. The maximum absolute atomic E-state index is 11.8. The van der Waals surface area contributed by atoms with Crippen LogP contribution in [0.3, 0.4) is 0 Å². The number of imidazole rings is 1. The van der Waals surface area contributed by atoms with Crippen molar-refractivity contribution < 1.29 is 8.42 Å². The molecule has 0 spiro atoms. The molecule has 0 radical (unpaired) electrons. The predicted molar refractivity (Wildman–Crippen MR) is 67.3 cm³/mol. The van der Waals surface area contributed by atoms with E-state index < -0.39 is 10.0 Å². The summed E-state index contributed by atoms with van der Waals surface area (Å²) in [6.07, 6.45) is 1.57. The van der Waals surface area contributed by atoms with Crippen LogP contribution in [0.2, 0.25) is 0 Å². The molecule has 1 heterocycles. The molecule has 2 aromatic rings. The van der Waals surface area contributed by atoms with Crippen molar-refractivity contribution in [2.75, 3.05) is 23.7 Å². The first-order valence-corrected chi connectivity index (χ1v) is 6.75. The first-order chi connectivity index (χ1) is 8.04. The van der Waals surface area contributed by atoms with E-state index >= 15 is 0 Å². The summed E-state index contributed by atoms with van der Waals surface area (Å²) in [7, 11) is -1.82. The molecule has 17 heavy (non-hydrogen) atoms. The van der Waals surface area contributed by atoms with E-state index in [2.05, 4.69) is 9.97 Å². The van der Waals surface area contributed by atoms with E-state index in [1.54, 1.807) is 24.5 Å². The molecule has 0 aliphatic carbocycles. The zero-order valence-electron chi connectivity index (χ0n) is 9.42. The molecule has 0 amide bonds. The highest BCUT2D eigenvalue weighted by molar-refractivity contribution is 7.92. The number of anilines is 1. The van der Waals surface area contributed by atoms with Crippen LogP contribution in [0, 0.1) is 0 Å². The molecule has 3 N–H and O–H groups in total. The van der Waals surface area contributed by atoms with Gasteiger partial charge in [0.05, 0.1) is 28.8 Å². The Hall–Kier alpha value is -1.60. The van der Waals surface area contributed by atoms with E-state index in [0.717, 1.165) is 11.0 Å². The number of fused-ring (bicyclic) bond motifs is 1. The standard InChI is InChI=1S/C10H14N4O2S/c1-14(17(15,16)5-4-11)8-2-3-9-10(6-8)13-7-12-9/h2-3,6-7H,4-5,11H2,1H3,(H,12,13). The van der Waals surface area contributed by atoms with E-state index in [0.29, 0.717) is 5.69 Å². The number of rotatable bonds is 4. The summed E-state index contributed by atoms with van der Waals surface area (Å²) in [5, 5.41) is 0. The van der Waals surface area contributed by atoms with Gasteiger partial charge >= 0.3 is 0 Å². The van der Waals surface area contributed by atoms with Gasteiger partial charge in [-0.25, -0.2) is 13.4 Å². The minimum Gasteiger partial charge on any atom is -0.345 e. The average Bonchev–Trinajstić information content (AvgIpc) is 2.74. The number of hydrogen-bond acceptors (Lipinski definition) is 4. The Balaban J connectivity index is 2.39. The van der Waals surface area contributed by atoms with Crippen LogP contribution in [0.15, 0.2) is 24.5 Å². The molecule has 0 bridgehead atoms. The minimum atomic E-state index is -3.34. The van der Waals surface area contributed by atoms with Crippen molar-refractivity contribution in [2.24, 2.45) is 5.73 Å². The van der Waals surface area contributed by atoms with E-state index in [4.69, 9.17) is 5.73 Å². The van der Waals surface area contributed by atoms with Gasteiger partial charge in [0, 0.05) is 13.6 Å². The number of nitrogens with zero attached hydrogens (tertiary/aromatic N) is 2. The number of aromatic amines is 1. The monoisotopic (exact) mass is 254 g/mol. The number of H-pyrrole nitrogens is 1. The molecule has 6 nitrogen and oxygen atoms in total. The number of aromatic nitrogens is 2. The van der Waals surface area contributed by atoms with Gasteiger partial charge in [-0.1, -0.05) is 0 Å². The Morgan fingerprint density at radius 3 is 2.94 bits per heavy atom. The van der Waals surface area contributed by atoms with Gasteiger partial charge in [0.15, 0.2) is 0 Å². The summed E-state index contributed by atoms with van der Waals surface area (Å²) in [6.45, 7) is 0.110. The lowest BCUT2D eigenvalue weighted by atomic mass is 10.3. The third-order valence-electron chi connectivity index (χ3n) is 2.56. The third-order valence-corrected chi connectivity index (χ3v) is 4.36. The maximum atomic E-state index is 11.8. The topological polar surface area (TPSA) is 92.1 Å². The molecule has 1 aromatic heterocycles. The van der Waals surface area contributed by atoms with Gasteiger partial charge in [-0.15, -0.1) is 0 Å². The summed E-state index contributed by atoms with van der Waals surface area (Å²) in [5.41, 5.74) is 7.48. The Morgan fingerprint density at radius 2 is 2.24 bits per heavy atom. The van der Waals surface area contributed by atoms with Crippen molar-refractivity contribution in [2.45, 2.75) is 0 Å². The van der Waals surface area contributed by atoms with Crippen LogP contribution in [0.25, 0.3) is 11.0 Å². The largest absolute Gasteiger partial charge is 0.345 e. The molecular formula is C10H14N4O2S. The molecule has 0 atom stereocenters. The number of nitrogens with two attached hydrogens (primary N) is 1. The second kappa shape index (κ2) is 4.34. The van der Waals surface area contributed by atoms with Crippen molar-refractivity contribution in [1.29, 1.82) is 0 Å². The minimum absolute atomic E-state index is 0.0650. The lowest BCUT2D eigenvalue weighted by Crippen LogP contribution is -2.31. The Labute approximate surface area is 99.5 Å². The quantitative estimate of drug-likeness (QED) is 0.820. The average molecular weight is 254 g/mol. The summed E-state index contributed by atoms with van der Waals surface area (Å²) < 4.78 is 24.9. The fourth-order valence-electron chi connectivity index (χ4n) is 1.57. The molecule has 0 fully saturated rings. The van der Waals surface area contributed by atoms with Crippen LogP contribution < -0.4 is 10.0 Å². The second-order valence-electron chi connectivity index (χ2n) is 3.68. The smallest absolute Gasteiger partial charge is 0.236 e. The predicted octanol–water partition coefficient (Wildman–Crippen LogP) is 0.288. The van der Waals surface area contributed by atoms with Crippen LogP contribution in [0.1, 0.15) is 0 Å².